The molecule has 0 bridgehead atoms. The lowest BCUT2D eigenvalue weighted by molar-refractivity contribution is -0.00854. The van der Waals surface area contributed by atoms with Crippen LogP contribution in [0.15, 0.2) is 0 Å². The van der Waals surface area contributed by atoms with Crippen LogP contribution in [0.4, 0.5) is 0 Å². The van der Waals surface area contributed by atoms with Gasteiger partial charge in [-0.15, -0.1) is 0 Å². The van der Waals surface area contributed by atoms with E-state index in [0.29, 0.717) is 24.7 Å². The van der Waals surface area contributed by atoms with Crippen LogP contribution in [0.1, 0.15) is 133 Å². The minimum atomic E-state index is -0.418. The highest BCUT2D eigenvalue weighted by Gasteiger charge is 2.28. The van der Waals surface area contributed by atoms with Crippen LogP contribution in [0.2, 0.25) is 0 Å². The maximum absolute atomic E-state index is 10.1. The highest BCUT2D eigenvalue weighted by Crippen LogP contribution is 2.28. The Balaban J connectivity index is -0.000000529. The molecule has 0 aromatic carbocycles. The van der Waals surface area contributed by atoms with Gasteiger partial charge in [0.1, 0.15) is 0 Å². The molecule has 5 heteroatoms. The second kappa shape index (κ2) is 19.8. The monoisotopic (exact) mass is 486 g/mol. The Labute approximate surface area is 223 Å². The molecule has 0 aromatic rings. The summed E-state index contributed by atoms with van der Waals surface area (Å²) in [5, 5.41) is 40.2. The van der Waals surface area contributed by atoms with Crippen molar-refractivity contribution >= 4 is 23.1 Å². The summed E-state index contributed by atoms with van der Waals surface area (Å²) >= 11 is 0. The molecule has 6 unspecified atom stereocenters. The molecular formula is C28H62MgO4. The smallest absolute Gasteiger partial charge is 0.316 e. The van der Waals surface area contributed by atoms with Gasteiger partial charge in [-0.25, -0.2) is 0 Å². The van der Waals surface area contributed by atoms with Crippen LogP contribution in [0.25, 0.3) is 0 Å². The van der Waals surface area contributed by atoms with E-state index >= 15 is 0 Å². The fourth-order valence-corrected chi connectivity index (χ4v) is 3.82. The highest BCUT2D eigenvalue weighted by molar-refractivity contribution is 5.75. The Morgan fingerprint density at radius 3 is 1.00 bits per heavy atom. The van der Waals surface area contributed by atoms with Crippen molar-refractivity contribution in [3.63, 3.8) is 0 Å². The largest absolute Gasteiger partial charge is 0.393 e. The van der Waals surface area contributed by atoms with E-state index in [1.165, 1.54) is 25.7 Å². The SMILES string of the molecule is CCCCC(CC)C(O)CC(O)C(C)(C)C.CCCCC(CC)C(O)CC(O)C(C)(C)C.[MgH2]. The first kappa shape index (κ1) is 38.1. The summed E-state index contributed by atoms with van der Waals surface area (Å²) in [6, 6.07) is 0. The van der Waals surface area contributed by atoms with E-state index in [-0.39, 0.29) is 46.1 Å². The predicted octanol–water partition coefficient (Wildman–Crippen LogP) is 5.81. The lowest BCUT2D eigenvalue weighted by atomic mass is 9.82. The molecule has 0 saturated heterocycles. The van der Waals surface area contributed by atoms with Gasteiger partial charge in [0.15, 0.2) is 0 Å². The Hall–Kier alpha value is 0.606. The standard InChI is InChI=1S/2C14H30O2.Mg.2H/c2*1-6-8-9-11(7-2)12(15)10-13(16)14(3,4)5;;;/h2*11-13,15-16H,6-10H2,1-5H3;;;. The molecule has 6 atom stereocenters. The molecule has 0 saturated carbocycles. The fourth-order valence-electron chi connectivity index (χ4n) is 3.82. The summed E-state index contributed by atoms with van der Waals surface area (Å²) in [5.41, 5.74) is -0.270. The van der Waals surface area contributed by atoms with Gasteiger partial charge in [-0.05, 0) is 48.3 Å². The maximum Gasteiger partial charge on any atom is 0.316 e. The van der Waals surface area contributed by atoms with Crippen molar-refractivity contribution < 1.29 is 20.4 Å². The number of aliphatic hydroxyl groups excluding tert-OH is 4. The predicted molar refractivity (Wildman–Crippen MR) is 147 cm³/mol. The van der Waals surface area contributed by atoms with Gasteiger partial charge >= 0.3 is 23.1 Å². The van der Waals surface area contributed by atoms with Gasteiger partial charge < -0.3 is 20.4 Å². The quantitative estimate of drug-likeness (QED) is 0.234. The van der Waals surface area contributed by atoms with E-state index in [9.17, 15) is 20.4 Å². The van der Waals surface area contributed by atoms with E-state index in [0.717, 1.165) is 25.7 Å². The van der Waals surface area contributed by atoms with Crippen LogP contribution in [-0.4, -0.2) is 67.9 Å². The molecule has 0 radical (unpaired) electrons. The van der Waals surface area contributed by atoms with Crippen molar-refractivity contribution in [1.29, 1.82) is 0 Å². The summed E-state index contributed by atoms with van der Waals surface area (Å²) in [7, 11) is 0. The second-order valence-corrected chi connectivity index (χ2v) is 12.0. The van der Waals surface area contributed by atoms with Crippen LogP contribution < -0.4 is 0 Å². The van der Waals surface area contributed by atoms with Crippen LogP contribution >= 0.6 is 0 Å². The summed E-state index contributed by atoms with van der Waals surface area (Å²) in [6.45, 7) is 20.6. The van der Waals surface area contributed by atoms with Gasteiger partial charge in [-0.3, -0.25) is 0 Å². The number of unbranched alkanes of at least 4 members (excludes halogenated alkanes) is 2. The molecule has 0 aromatic heterocycles. The number of aliphatic hydroxyl groups is 4. The molecule has 0 spiro atoms. The van der Waals surface area contributed by atoms with Crippen molar-refractivity contribution in [3.05, 3.63) is 0 Å². The lowest BCUT2D eigenvalue weighted by Gasteiger charge is -2.30. The Bertz CT molecular complexity index is 391. The minimum absolute atomic E-state index is 0. The topological polar surface area (TPSA) is 80.9 Å². The van der Waals surface area contributed by atoms with Gasteiger partial charge in [0.2, 0.25) is 0 Å². The summed E-state index contributed by atoms with van der Waals surface area (Å²) < 4.78 is 0. The van der Waals surface area contributed by atoms with Crippen LogP contribution in [0.5, 0.6) is 0 Å². The first-order valence-corrected chi connectivity index (χ1v) is 13.4. The molecule has 200 valence electrons. The third kappa shape index (κ3) is 18.5. The molecule has 0 aliphatic rings. The Morgan fingerprint density at radius 2 is 0.818 bits per heavy atom. The van der Waals surface area contributed by atoms with Crippen LogP contribution in [0.3, 0.4) is 0 Å². The van der Waals surface area contributed by atoms with E-state index in [4.69, 9.17) is 0 Å². The van der Waals surface area contributed by atoms with Crippen molar-refractivity contribution in [1.82, 2.24) is 0 Å². The van der Waals surface area contributed by atoms with Gasteiger partial charge in [0.25, 0.3) is 0 Å². The first-order chi connectivity index (χ1) is 14.6. The zero-order valence-corrected chi connectivity index (χ0v) is 23.3. The van der Waals surface area contributed by atoms with E-state index in [1.807, 2.05) is 41.5 Å². The van der Waals surface area contributed by atoms with E-state index < -0.39 is 12.2 Å². The zero-order chi connectivity index (χ0) is 25.5. The van der Waals surface area contributed by atoms with Crippen LogP contribution in [-0.2, 0) is 0 Å². The first-order valence-electron chi connectivity index (χ1n) is 13.4. The fraction of sp³-hybridized carbons (Fsp3) is 1.00. The zero-order valence-electron chi connectivity index (χ0n) is 23.3. The van der Waals surface area contributed by atoms with Gasteiger partial charge in [0.05, 0.1) is 24.4 Å². The minimum Gasteiger partial charge on any atom is -0.393 e. The average molecular weight is 487 g/mol. The molecule has 33 heavy (non-hydrogen) atoms. The van der Waals surface area contributed by atoms with Crippen molar-refractivity contribution in [3.8, 4) is 0 Å². The molecule has 4 N–H and O–H groups in total. The van der Waals surface area contributed by atoms with Gasteiger partial charge in [-0.1, -0.05) is 108 Å². The summed E-state index contributed by atoms with van der Waals surface area (Å²) in [4.78, 5) is 0. The number of hydrogen-bond donors (Lipinski definition) is 4. The Kier molecular flexibility index (Phi) is 22.8. The summed E-state index contributed by atoms with van der Waals surface area (Å²) in [6.07, 6.45) is 8.29. The van der Waals surface area contributed by atoms with Gasteiger partial charge in [-0.2, -0.15) is 0 Å². The van der Waals surface area contributed by atoms with Crippen LogP contribution in [0, 0.1) is 22.7 Å². The number of hydrogen-bond acceptors (Lipinski definition) is 4. The van der Waals surface area contributed by atoms with Crippen molar-refractivity contribution in [2.75, 3.05) is 0 Å². The molecule has 0 rings (SSSR count). The maximum atomic E-state index is 10.1. The molecule has 4 nitrogen and oxygen atoms in total. The van der Waals surface area contributed by atoms with Crippen molar-refractivity contribution in [2.45, 2.75) is 158 Å². The second-order valence-electron chi connectivity index (χ2n) is 12.0. The Morgan fingerprint density at radius 1 is 0.545 bits per heavy atom. The molecule has 0 heterocycles. The molecule has 0 aliphatic carbocycles. The third-order valence-electron chi connectivity index (χ3n) is 6.92. The lowest BCUT2D eigenvalue weighted by Crippen LogP contribution is -2.33. The average Bonchev–Trinajstić information content (AvgIpc) is 2.68. The van der Waals surface area contributed by atoms with E-state index in [1.54, 1.807) is 0 Å². The highest BCUT2D eigenvalue weighted by atomic mass is 24.3. The molecule has 0 aliphatic heterocycles. The van der Waals surface area contributed by atoms with Gasteiger partial charge in [0, 0.05) is 0 Å². The third-order valence-corrected chi connectivity index (χ3v) is 6.92. The molecule has 0 fully saturated rings. The van der Waals surface area contributed by atoms with E-state index in [2.05, 4.69) is 27.7 Å². The summed E-state index contributed by atoms with van der Waals surface area (Å²) in [5.74, 6) is 0.689. The normalized spacial score (nSPS) is 17.6. The van der Waals surface area contributed by atoms with Crippen molar-refractivity contribution in [2.24, 2.45) is 22.7 Å². The molecule has 0 amide bonds. The number of rotatable bonds is 14. The molecular weight excluding hydrogens is 425 g/mol.